The first-order chi connectivity index (χ1) is 30.5. The number of phosphoric ester groups is 1. The van der Waals surface area contributed by atoms with Gasteiger partial charge in [-0.05, 0) is 12.8 Å². The van der Waals surface area contributed by atoms with Crippen LogP contribution in [-0.4, -0.2) is 68.5 Å². The quantitative estimate of drug-likeness (QED) is 0.0357. The molecule has 1 amide bonds. The molecule has 0 fully saturated rings. The first-order valence-corrected chi connectivity index (χ1v) is 29.3. The molecule has 378 valence electrons. The van der Waals surface area contributed by atoms with E-state index in [1.807, 2.05) is 21.1 Å². The number of phosphoric acid groups is 1. The molecular weight excluding hydrogens is 804 g/mol. The molecule has 0 radical (unpaired) electrons. The van der Waals surface area contributed by atoms with Crippen LogP contribution in [-0.2, 0) is 18.4 Å². The lowest BCUT2D eigenvalue weighted by molar-refractivity contribution is -0.870. The van der Waals surface area contributed by atoms with Gasteiger partial charge in [-0.1, -0.05) is 271 Å². The normalized spacial score (nSPS) is 14.0. The molecule has 3 atom stereocenters. The smallest absolute Gasteiger partial charge is 0.268 e. The van der Waals surface area contributed by atoms with Gasteiger partial charge in [0, 0.05) is 6.42 Å². The van der Waals surface area contributed by atoms with Crippen molar-refractivity contribution < 1.29 is 32.9 Å². The number of hydrogen-bond acceptors (Lipinski definition) is 6. The van der Waals surface area contributed by atoms with E-state index in [4.69, 9.17) is 9.05 Å². The van der Waals surface area contributed by atoms with Gasteiger partial charge in [-0.25, -0.2) is 0 Å². The topological polar surface area (TPSA) is 108 Å². The maximum absolute atomic E-state index is 12.9. The molecule has 0 saturated carbocycles. The van der Waals surface area contributed by atoms with E-state index in [1.165, 1.54) is 225 Å². The zero-order valence-electron chi connectivity index (χ0n) is 43.1. The standard InChI is InChI=1S/C54H111N2O6P/c1-6-8-10-12-14-16-18-20-21-22-23-24-25-26-27-28-29-30-31-32-33-34-36-38-40-42-44-46-48-54(58)55-52(51-62-63(59,60)61-50-49-56(3,4)5)53(57)47-45-43-41-39-37-35-19-17-15-13-11-9-7-2/h52-53,57H,6-51H2,1-5H3,(H-,55,58,59,60)/t52-,53+/m0/s1. The molecule has 1 unspecified atom stereocenters. The van der Waals surface area contributed by atoms with Crippen LogP contribution in [0.3, 0.4) is 0 Å². The van der Waals surface area contributed by atoms with Crippen LogP contribution in [0.4, 0.5) is 0 Å². The van der Waals surface area contributed by atoms with Gasteiger partial charge in [0.15, 0.2) is 0 Å². The molecular formula is C54H111N2O6P. The molecule has 0 aromatic carbocycles. The van der Waals surface area contributed by atoms with Gasteiger partial charge in [0.1, 0.15) is 13.2 Å². The predicted molar refractivity (Wildman–Crippen MR) is 270 cm³/mol. The fourth-order valence-corrected chi connectivity index (χ4v) is 9.41. The van der Waals surface area contributed by atoms with Crippen molar-refractivity contribution in [3.8, 4) is 0 Å². The fourth-order valence-electron chi connectivity index (χ4n) is 8.69. The number of aliphatic hydroxyl groups is 1. The van der Waals surface area contributed by atoms with Crippen molar-refractivity contribution in [2.45, 2.75) is 302 Å². The average Bonchev–Trinajstić information content (AvgIpc) is 3.24. The Morgan fingerprint density at radius 3 is 1.08 bits per heavy atom. The van der Waals surface area contributed by atoms with Crippen LogP contribution >= 0.6 is 7.82 Å². The fraction of sp³-hybridized carbons (Fsp3) is 0.981. The third-order valence-electron chi connectivity index (χ3n) is 13.1. The summed E-state index contributed by atoms with van der Waals surface area (Å²) in [5.74, 6) is -0.158. The number of unbranched alkanes of at least 4 members (excludes halogenated alkanes) is 39. The van der Waals surface area contributed by atoms with E-state index >= 15 is 0 Å². The molecule has 0 aliphatic heterocycles. The number of quaternary nitrogens is 1. The monoisotopic (exact) mass is 915 g/mol. The van der Waals surface area contributed by atoms with Crippen LogP contribution in [0.2, 0.25) is 0 Å². The Hall–Kier alpha value is -0.500. The minimum atomic E-state index is -4.56. The zero-order valence-corrected chi connectivity index (χ0v) is 44.0. The molecule has 8 nitrogen and oxygen atoms in total. The molecule has 0 aliphatic rings. The van der Waals surface area contributed by atoms with Gasteiger partial charge in [-0.15, -0.1) is 0 Å². The summed E-state index contributed by atoms with van der Waals surface area (Å²) in [6.45, 7) is 4.76. The van der Waals surface area contributed by atoms with Crippen LogP contribution in [0.5, 0.6) is 0 Å². The summed E-state index contributed by atoms with van der Waals surface area (Å²) < 4.78 is 23.4. The van der Waals surface area contributed by atoms with E-state index in [1.54, 1.807) is 0 Å². The molecule has 2 N–H and O–H groups in total. The molecule has 0 heterocycles. The Balaban J connectivity index is 4.02. The van der Waals surface area contributed by atoms with E-state index in [0.717, 1.165) is 38.5 Å². The van der Waals surface area contributed by atoms with Crippen molar-refractivity contribution in [2.75, 3.05) is 40.9 Å². The third kappa shape index (κ3) is 49.2. The SMILES string of the molecule is CCCCCCCCCCCCCCCCCCCCCCCCCCCCCCC(=O)N[C@@H](COP(=O)([O-])OCC[N+](C)(C)C)[C@H](O)CCCCCCCCCCCCCCC. The highest BCUT2D eigenvalue weighted by Gasteiger charge is 2.24. The molecule has 0 aliphatic carbocycles. The number of amides is 1. The maximum Gasteiger partial charge on any atom is 0.268 e. The van der Waals surface area contributed by atoms with Gasteiger partial charge in [-0.2, -0.15) is 0 Å². The first kappa shape index (κ1) is 62.5. The van der Waals surface area contributed by atoms with E-state index in [0.29, 0.717) is 23.9 Å². The first-order valence-electron chi connectivity index (χ1n) is 27.9. The predicted octanol–water partition coefficient (Wildman–Crippen LogP) is 15.9. The maximum atomic E-state index is 12.9. The highest BCUT2D eigenvalue weighted by atomic mass is 31.2. The van der Waals surface area contributed by atoms with Crippen molar-refractivity contribution >= 4 is 13.7 Å². The van der Waals surface area contributed by atoms with Crippen molar-refractivity contribution in [1.29, 1.82) is 0 Å². The molecule has 0 saturated heterocycles. The van der Waals surface area contributed by atoms with Gasteiger partial charge >= 0.3 is 0 Å². The van der Waals surface area contributed by atoms with Gasteiger partial charge < -0.3 is 28.8 Å². The Kier molecular flexibility index (Phi) is 46.2. The van der Waals surface area contributed by atoms with Crippen molar-refractivity contribution in [3.05, 3.63) is 0 Å². The lowest BCUT2D eigenvalue weighted by atomic mass is 10.0. The second-order valence-electron chi connectivity index (χ2n) is 20.7. The van der Waals surface area contributed by atoms with Crippen molar-refractivity contribution in [1.82, 2.24) is 5.32 Å². The lowest BCUT2D eigenvalue weighted by Gasteiger charge is -2.30. The highest BCUT2D eigenvalue weighted by Crippen LogP contribution is 2.38. The summed E-state index contributed by atoms with van der Waals surface area (Å²) in [5.41, 5.74) is 0. The van der Waals surface area contributed by atoms with Crippen LogP contribution < -0.4 is 10.2 Å². The number of hydrogen-bond donors (Lipinski definition) is 2. The second-order valence-corrected chi connectivity index (χ2v) is 22.1. The van der Waals surface area contributed by atoms with E-state index in [-0.39, 0.29) is 19.1 Å². The zero-order chi connectivity index (χ0) is 46.4. The van der Waals surface area contributed by atoms with Gasteiger partial charge in [-0.3, -0.25) is 9.36 Å². The highest BCUT2D eigenvalue weighted by molar-refractivity contribution is 7.45. The Morgan fingerprint density at radius 2 is 0.778 bits per heavy atom. The molecule has 0 bridgehead atoms. The largest absolute Gasteiger partial charge is 0.756 e. The summed E-state index contributed by atoms with van der Waals surface area (Å²) in [4.78, 5) is 25.4. The molecule has 0 aromatic rings. The minimum absolute atomic E-state index is 0.0163. The Bertz CT molecular complexity index is 994. The van der Waals surface area contributed by atoms with Crippen LogP contribution in [0, 0.1) is 0 Å². The summed E-state index contributed by atoms with van der Waals surface area (Å²) in [6, 6.07) is -0.794. The molecule has 0 rings (SSSR count). The second kappa shape index (κ2) is 46.6. The number of carbonyl (C=O) groups is 1. The van der Waals surface area contributed by atoms with Crippen molar-refractivity contribution in [2.24, 2.45) is 0 Å². The molecule has 0 spiro atoms. The minimum Gasteiger partial charge on any atom is -0.756 e. The molecule has 63 heavy (non-hydrogen) atoms. The number of nitrogens with one attached hydrogen (secondary N) is 1. The lowest BCUT2D eigenvalue weighted by Crippen LogP contribution is -2.46. The van der Waals surface area contributed by atoms with Crippen LogP contribution in [0.25, 0.3) is 0 Å². The van der Waals surface area contributed by atoms with Crippen LogP contribution in [0.1, 0.15) is 290 Å². The number of likely N-dealkylation sites (N-methyl/N-ethyl adjacent to an activating group) is 1. The Morgan fingerprint density at radius 1 is 0.492 bits per heavy atom. The van der Waals surface area contributed by atoms with Gasteiger partial charge in [0.2, 0.25) is 5.91 Å². The van der Waals surface area contributed by atoms with Gasteiger partial charge in [0.05, 0.1) is 39.9 Å². The Labute approximate surface area is 393 Å². The summed E-state index contributed by atoms with van der Waals surface area (Å²) in [7, 11) is 1.32. The van der Waals surface area contributed by atoms with Crippen molar-refractivity contribution in [3.63, 3.8) is 0 Å². The van der Waals surface area contributed by atoms with Gasteiger partial charge in [0.25, 0.3) is 7.82 Å². The molecule has 9 heteroatoms. The molecule has 0 aromatic heterocycles. The number of nitrogens with zero attached hydrogens (tertiary/aromatic N) is 1. The van der Waals surface area contributed by atoms with Crippen LogP contribution in [0.15, 0.2) is 0 Å². The van der Waals surface area contributed by atoms with E-state index < -0.39 is 20.0 Å². The number of carbonyl (C=O) groups excluding carboxylic acids is 1. The summed E-state index contributed by atoms with van der Waals surface area (Å²) in [5, 5.41) is 14.0. The number of rotatable bonds is 52. The average molecular weight is 915 g/mol. The van der Waals surface area contributed by atoms with E-state index in [2.05, 4.69) is 19.2 Å². The number of aliphatic hydroxyl groups excluding tert-OH is 1. The van der Waals surface area contributed by atoms with E-state index in [9.17, 15) is 19.4 Å². The summed E-state index contributed by atoms with van der Waals surface area (Å²) >= 11 is 0. The third-order valence-corrected chi connectivity index (χ3v) is 14.1. The summed E-state index contributed by atoms with van der Waals surface area (Å²) in [6.07, 6.45) is 54.2.